The predicted octanol–water partition coefficient (Wildman–Crippen LogP) is 1.45. The summed E-state index contributed by atoms with van der Waals surface area (Å²) >= 11 is 5.85. The highest BCUT2D eigenvalue weighted by molar-refractivity contribution is 6.30. The second kappa shape index (κ2) is 6.30. The van der Waals surface area contributed by atoms with Crippen LogP contribution in [0.2, 0.25) is 5.02 Å². The fraction of sp³-hybridized carbons (Fsp3) is 0.429. The smallest absolute Gasteiger partial charge is 0.224 e. The maximum absolute atomic E-state index is 10.2. The average Bonchev–Trinajstić information content (AvgIpc) is 3.06. The van der Waals surface area contributed by atoms with E-state index in [1.165, 1.54) is 6.20 Å². The van der Waals surface area contributed by atoms with Gasteiger partial charge in [-0.05, 0) is 24.8 Å². The van der Waals surface area contributed by atoms with E-state index in [1.807, 2.05) is 6.07 Å². The van der Waals surface area contributed by atoms with E-state index in [-0.39, 0.29) is 6.04 Å². The van der Waals surface area contributed by atoms with E-state index in [4.69, 9.17) is 16.9 Å². The number of aromatic nitrogens is 4. The van der Waals surface area contributed by atoms with E-state index in [1.54, 1.807) is 23.1 Å². The van der Waals surface area contributed by atoms with Crippen LogP contribution in [-0.2, 0) is 6.54 Å². The lowest BCUT2D eigenvalue weighted by Crippen LogP contribution is -2.28. The molecule has 1 aliphatic carbocycles. The van der Waals surface area contributed by atoms with Gasteiger partial charge in [0.05, 0.1) is 23.4 Å². The van der Waals surface area contributed by atoms with Gasteiger partial charge in [-0.15, -0.1) is 0 Å². The fourth-order valence-corrected chi connectivity index (χ4v) is 2.94. The Morgan fingerprint density at radius 2 is 2.36 bits per heavy atom. The first kappa shape index (κ1) is 14.8. The van der Waals surface area contributed by atoms with Crippen LogP contribution in [-0.4, -0.2) is 37.0 Å². The van der Waals surface area contributed by atoms with Crippen molar-refractivity contribution in [1.29, 1.82) is 5.26 Å². The first-order chi connectivity index (χ1) is 10.6. The number of nitrogens with zero attached hydrogens (tertiary/aromatic N) is 5. The van der Waals surface area contributed by atoms with Crippen LogP contribution in [0.5, 0.6) is 0 Å². The quantitative estimate of drug-likeness (QED) is 0.885. The summed E-state index contributed by atoms with van der Waals surface area (Å²) in [5, 5.41) is 26.9. The molecule has 3 rings (SSSR count). The van der Waals surface area contributed by atoms with Crippen molar-refractivity contribution in [2.75, 3.05) is 5.32 Å². The largest absolute Gasteiger partial charge is 0.391 e. The molecule has 1 unspecified atom stereocenters. The second-order valence-corrected chi connectivity index (χ2v) is 5.85. The van der Waals surface area contributed by atoms with Crippen LogP contribution in [0.4, 0.5) is 5.95 Å². The van der Waals surface area contributed by atoms with E-state index in [9.17, 15) is 5.11 Å². The third-order valence-electron chi connectivity index (χ3n) is 3.76. The molecule has 2 aromatic rings. The Balaban J connectivity index is 1.62. The van der Waals surface area contributed by atoms with Crippen LogP contribution in [0.1, 0.15) is 18.5 Å². The zero-order chi connectivity index (χ0) is 15.5. The summed E-state index contributed by atoms with van der Waals surface area (Å²) in [6, 6.07) is 3.38. The number of anilines is 1. The maximum Gasteiger partial charge on any atom is 0.224 e. The molecule has 1 fully saturated rings. The Morgan fingerprint density at radius 1 is 1.50 bits per heavy atom. The molecule has 22 heavy (non-hydrogen) atoms. The lowest BCUT2D eigenvalue weighted by Gasteiger charge is -2.16. The molecule has 0 radical (unpaired) electrons. The van der Waals surface area contributed by atoms with Gasteiger partial charge in [0, 0.05) is 18.9 Å². The van der Waals surface area contributed by atoms with E-state index in [0.29, 0.717) is 35.5 Å². The van der Waals surface area contributed by atoms with Crippen molar-refractivity contribution in [1.82, 2.24) is 19.7 Å². The first-order valence-electron chi connectivity index (χ1n) is 7.00. The number of aliphatic hydroxyl groups excluding tert-OH is 1. The average molecular weight is 319 g/mol. The summed E-state index contributed by atoms with van der Waals surface area (Å²) in [4.78, 5) is 8.15. The number of aliphatic hydroxyl groups is 1. The SMILES string of the molecule is N#Cc1ccnc(N[C@@H]2CC(Cn3cc(Cl)cn3)C[C@H]2O)n1. The molecule has 3 atom stereocenters. The van der Waals surface area contributed by atoms with Crippen LogP contribution in [0.25, 0.3) is 0 Å². The van der Waals surface area contributed by atoms with Gasteiger partial charge in [-0.25, -0.2) is 9.97 Å². The number of nitrogens with one attached hydrogen (secondary N) is 1. The van der Waals surface area contributed by atoms with Crippen LogP contribution in [0.15, 0.2) is 24.7 Å². The van der Waals surface area contributed by atoms with Gasteiger partial charge in [-0.2, -0.15) is 10.4 Å². The molecule has 0 spiro atoms. The maximum atomic E-state index is 10.2. The van der Waals surface area contributed by atoms with Gasteiger partial charge < -0.3 is 10.4 Å². The zero-order valence-electron chi connectivity index (χ0n) is 11.7. The molecule has 2 aromatic heterocycles. The monoisotopic (exact) mass is 318 g/mol. The first-order valence-corrected chi connectivity index (χ1v) is 7.37. The molecule has 7 nitrogen and oxygen atoms in total. The molecule has 0 aromatic carbocycles. The molecular formula is C14H15ClN6O. The van der Waals surface area contributed by atoms with Crippen LogP contribution >= 0.6 is 11.6 Å². The Kier molecular flexibility index (Phi) is 4.22. The Bertz CT molecular complexity index is 697. The molecule has 114 valence electrons. The standard InChI is InChI=1S/C14H15ClN6O/c15-10-6-18-21(8-10)7-9-3-12(13(22)4-9)20-14-17-2-1-11(5-16)19-14/h1-2,6,8-9,12-13,22H,3-4,7H2,(H,17,19,20)/t9?,12-,13-/m1/s1. The molecule has 2 heterocycles. The number of hydrogen-bond donors (Lipinski definition) is 2. The van der Waals surface area contributed by atoms with Crippen molar-refractivity contribution < 1.29 is 5.11 Å². The van der Waals surface area contributed by atoms with E-state index < -0.39 is 6.10 Å². The molecular weight excluding hydrogens is 304 g/mol. The molecule has 8 heteroatoms. The summed E-state index contributed by atoms with van der Waals surface area (Å²) in [5.74, 6) is 0.661. The highest BCUT2D eigenvalue weighted by Crippen LogP contribution is 2.29. The van der Waals surface area contributed by atoms with Gasteiger partial charge in [0.25, 0.3) is 0 Å². The normalized spacial score (nSPS) is 24.1. The molecule has 0 saturated heterocycles. The molecule has 0 aliphatic heterocycles. The number of halogens is 1. The topological polar surface area (TPSA) is 99.7 Å². The van der Waals surface area contributed by atoms with Crippen molar-refractivity contribution in [2.45, 2.75) is 31.5 Å². The van der Waals surface area contributed by atoms with Crippen molar-refractivity contribution in [3.63, 3.8) is 0 Å². The van der Waals surface area contributed by atoms with E-state index in [2.05, 4.69) is 20.4 Å². The van der Waals surface area contributed by atoms with Crippen LogP contribution in [0, 0.1) is 17.2 Å². The van der Waals surface area contributed by atoms with Crippen molar-refractivity contribution >= 4 is 17.5 Å². The summed E-state index contributed by atoms with van der Waals surface area (Å²) in [6.07, 6.45) is 5.87. The Hall–Kier alpha value is -2.17. The van der Waals surface area contributed by atoms with Gasteiger partial charge >= 0.3 is 0 Å². The minimum absolute atomic E-state index is 0.134. The minimum atomic E-state index is -0.481. The van der Waals surface area contributed by atoms with Crippen LogP contribution in [0.3, 0.4) is 0 Å². The van der Waals surface area contributed by atoms with E-state index >= 15 is 0 Å². The van der Waals surface area contributed by atoms with Gasteiger partial charge in [0.1, 0.15) is 11.8 Å². The molecule has 0 amide bonds. The third kappa shape index (κ3) is 3.35. The number of rotatable bonds is 4. The van der Waals surface area contributed by atoms with Gasteiger partial charge in [-0.1, -0.05) is 11.6 Å². The summed E-state index contributed by atoms with van der Waals surface area (Å²) < 4.78 is 1.79. The highest BCUT2D eigenvalue weighted by Gasteiger charge is 2.33. The molecule has 2 N–H and O–H groups in total. The van der Waals surface area contributed by atoms with E-state index in [0.717, 1.165) is 6.42 Å². The van der Waals surface area contributed by atoms with Crippen LogP contribution < -0.4 is 5.32 Å². The molecule has 1 aliphatic rings. The Morgan fingerprint density at radius 3 is 3.09 bits per heavy atom. The zero-order valence-corrected chi connectivity index (χ0v) is 12.5. The van der Waals surface area contributed by atoms with Crippen molar-refractivity contribution in [3.05, 3.63) is 35.4 Å². The summed E-state index contributed by atoms with van der Waals surface area (Å²) in [5.41, 5.74) is 0.299. The lowest BCUT2D eigenvalue weighted by molar-refractivity contribution is 0.165. The highest BCUT2D eigenvalue weighted by atomic mass is 35.5. The Labute approximate surface area is 132 Å². The number of hydrogen-bond acceptors (Lipinski definition) is 6. The van der Waals surface area contributed by atoms with Gasteiger partial charge in [0.15, 0.2) is 0 Å². The van der Waals surface area contributed by atoms with Gasteiger partial charge in [0.2, 0.25) is 5.95 Å². The lowest BCUT2D eigenvalue weighted by atomic mass is 10.1. The fourth-order valence-electron chi connectivity index (χ4n) is 2.78. The molecule has 1 saturated carbocycles. The third-order valence-corrected chi connectivity index (χ3v) is 3.95. The van der Waals surface area contributed by atoms with Crippen molar-refractivity contribution in [2.24, 2.45) is 5.92 Å². The van der Waals surface area contributed by atoms with Gasteiger partial charge in [-0.3, -0.25) is 4.68 Å². The molecule has 0 bridgehead atoms. The second-order valence-electron chi connectivity index (χ2n) is 5.41. The van der Waals surface area contributed by atoms with Crippen molar-refractivity contribution in [3.8, 4) is 6.07 Å². The number of nitriles is 1. The summed E-state index contributed by atoms with van der Waals surface area (Å²) in [7, 11) is 0. The summed E-state index contributed by atoms with van der Waals surface area (Å²) in [6.45, 7) is 0.709. The predicted molar refractivity (Wildman–Crippen MR) is 80.1 cm³/mol. The minimum Gasteiger partial charge on any atom is -0.391 e.